The molecular weight excluding hydrogens is 402 g/mol. The van der Waals surface area contributed by atoms with Gasteiger partial charge in [-0.1, -0.05) is 11.6 Å². The van der Waals surface area contributed by atoms with Crippen molar-refractivity contribution >= 4 is 38.9 Å². The maximum atomic E-state index is 12.7. The lowest BCUT2D eigenvalue weighted by atomic mass is 10.2. The number of carbonyl (C=O) groups excluding carboxylic acids is 1. The predicted octanol–water partition coefficient (Wildman–Crippen LogP) is 3.82. The Morgan fingerprint density at radius 2 is 1.71 bits per heavy atom. The highest BCUT2D eigenvalue weighted by Crippen LogP contribution is 2.33. The minimum Gasteiger partial charge on any atom is -0.457 e. The van der Waals surface area contributed by atoms with Crippen LogP contribution >= 0.6 is 11.6 Å². The summed E-state index contributed by atoms with van der Waals surface area (Å²) in [5, 5.41) is 2.67. The maximum Gasteiger partial charge on any atom is 0.263 e. The number of rotatable bonds is 5. The van der Waals surface area contributed by atoms with E-state index in [2.05, 4.69) is 15.0 Å². The van der Waals surface area contributed by atoms with Crippen LogP contribution in [0.1, 0.15) is 5.56 Å². The van der Waals surface area contributed by atoms with E-state index in [1.54, 1.807) is 48.8 Å². The highest BCUT2D eigenvalue weighted by Gasteiger charge is 2.25. The van der Waals surface area contributed by atoms with Gasteiger partial charge in [-0.25, -0.2) is 8.42 Å². The number of hydrogen-bond acceptors (Lipinski definition) is 5. The van der Waals surface area contributed by atoms with Gasteiger partial charge in [0.2, 0.25) is 5.91 Å². The lowest BCUT2D eigenvalue weighted by Crippen LogP contribution is -2.13. The largest absolute Gasteiger partial charge is 0.457 e. The standard InChI is InChI=1S/C19H14ClN3O4S/c20-16-11-17-12(10-19(24)22-17)9-18(16)28(25,26)23-13-1-3-14(4-2-13)27-15-5-7-21-8-6-15/h1-9,11,23H,10H2,(H,22,24). The van der Waals surface area contributed by atoms with Crippen molar-refractivity contribution in [3.63, 3.8) is 0 Å². The molecule has 0 radical (unpaired) electrons. The molecule has 2 heterocycles. The summed E-state index contributed by atoms with van der Waals surface area (Å²) in [6.07, 6.45) is 3.35. The number of nitrogens with one attached hydrogen (secondary N) is 2. The van der Waals surface area contributed by atoms with E-state index in [-0.39, 0.29) is 22.2 Å². The quantitative estimate of drug-likeness (QED) is 0.660. The molecule has 0 bridgehead atoms. The van der Waals surface area contributed by atoms with Crippen LogP contribution in [0.15, 0.2) is 65.8 Å². The van der Waals surface area contributed by atoms with E-state index in [1.807, 2.05) is 0 Å². The molecule has 0 aliphatic carbocycles. The van der Waals surface area contributed by atoms with E-state index in [1.165, 1.54) is 12.1 Å². The molecule has 2 aromatic carbocycles. The zero-order valence-corrected chi connectivity index (χ0v) is 15.9. The highest BCUT2D eigenvalue weighted by molar-refractivity contribution is 7.92. The van der Waals surface area contributed by atoms with Crippen LogP contribution in [0.2, 0.25) is 5.02 Å². The Morgan fingerprint density at radius 1 is 1.04 bits per heavy atom. The van der Waals surface area contributed by atoms with Gasteiger partial charge in [-0.2, -0.15) is 0 Å². The number of benzene rings is 2. The zero-order valence-electron chi connectivity index (χ0n) is 14.3. The molecule has 142 valence electrons. The summed E-state index contributed by atoms with van der Waals surface area (Å²) in [6.45, 7) is 0. The molecule has 0 saturated carbocycles. The fraction of sp³-hybridized carbons (Fsp3) is 0.0526. The molecule has 1 aromatic heterocycles. The number of nitrogens with zero attached hydrogens (tertiary/aromatic N) is 1. The molecule has 3 aromatic rings. The molecule has 0 spiro atoms. The SMILES string of the molecule is O=C1Cc2cc(S(=O)(=O)Nc3ccc(Oc4ccncc4)cc3)c(Cl)cc2N1. The van der Waals surface area contributed by atoms with Crippen LogP contribution in [0.3, 0.4) is 0 Å². The zero-order chi connectivity index (χ0) is 19.7. The van der Waals surface area contributed by atoms with Crippen molar-refractivity contribution < 1.29 is 17.9 Å². The average Bonchev–Trinajstić information content (AvgIpc) is 3.02. The number of halogens is 1. The average molecular weight is 416 g/mol. The Hall–Kier alpha value is -3.10. The number of hydrogen-bond donors (Lipinski definition) is 2. The molecule has 1 amide bonds. The van der Waals surface area contributed by atoms with Crippen molar-refractivity contribution in [1.29, 1.82) is 0 Å². The highest BCUT2D eigenvalue weighted by atomic mass is 35.5. The number of fused-ring (bicyclic) bond motifs is 1. The van der Waals surface area contributed by atoms with E-state index in [0.717, 1.165) is 0 Å². The summed E-state index contributed by atoms with van der Waals surface area (Å²) in [6, 6.07) is 12.7. The van der Waals surface area contributed by atoms with Crippen molar-refractivity contribution in [3.05, 3.63) is 71.5 Å². The number of pyridine rings is 1. The molecule has 1 aliphatic heterocycles. The smallest absolute Gasteiger partial charge is 0.263 e. The molecule has 4 rings (SSSR count). The summed E-state index contributed by atoms with van der Waals surface area (Å²) < 4.78 is 33.6. The molecule has 0 atom stereocenters. The molecule has 0 fully saturated rings. The third-order valence-corrected chi connectivity index (χ3v) is 5.91. The summed E-state index contributed by atoms with van der Waals surface area (Å²) in [5.74, 6) is 0.976. The normalized spacial score (nSPS) is 13.0. The number of ether oxygens (including phenoxy) is 1. The molecule has 1 aliphatic rings. The Morgan fingerprint density at radius 3 is 2.43 bits per heavy atom. The molecule has 2 N–H and O–H groups in total. The van der Waals surface area contributed by atoms with Gasteiger partial charge in [-0.3, -0.25) is 14.5 Å². The fourth-order valence-electron chi connectivity index (χ4n) is 2.77. The van der Waals surface area contributed by atoms with Gasteiger partial charge >= 0.3 is 0 Å². The number of aromatic nitrogens is 1. The van der Waals surface area contributed by atoms with E-state index < -0.39 is 10.0 Å². The van der Waals surface area contributed by atoms with Crippen LogP contribution in [0.4, 0.5) is 11.4 Å². The number of sulfonamides is 1. The second kappa shape index (κ2) is 7.14. The van der Waals surface area contributed by atoms with Gasteiger partial charge in [0.15, 0.2) is 0 Å². The second-order valence-electron chi connectivity index (χ2n) is 6.08. The van der Waals surface area contributed by atoms with Gasteiger partial charge in [0.25, 0.3) is 10.0 Å². The summed E-state index contributed by atoms with van der Waals surface area (Å²) in [5.41, 5.74) is 1.48. The fourth-order valence-corrected chi connectivity index (χ4v) is 4.41. The van der Waals surface area contributed by atoms with Crippen molar-refractivity contribution in [2.75, 3.05) is 10.0 Å². The number of carbonyl (C=O) groups is 1. The van der Waals surface area contributed by atoms with Crippen molar-refractivity contribution in [2.45, 2.75) is 11.3 Å². The van der Waals surface area contributed by atoms with E-state index in [9.17, 15) is 13.2 Å². The first-order valence-corrected chi connectivity index (χ1v) is 10.1. The van der Waals surface area contributed by atoms with Gasteiger partial charge in [0, 0.05) is 23.8 Å². The maximum absolute atomic E-state index is 12.7. The Balaban J connectivity index is 1.54. The summed E-state index contributed by atoms with van der Waals surface area (Å²) in [4.78, 5) is 15.3. The summed E-state index contributed by atoms with van der Waals surface area (Å²) in [7, 11) is -3.92. The Bertz CT molecular complexity index is 1150. The first-order valence-electron chi connectivity index (χ1n) is 8.24. The van der Waals surface area contributed by atoms with E-state index >= 15 is 0 Å². The monoisotopic (exact) mass is 415 g/mol. The summed E-state index contributed by atoms with van der Waals surface area (Å²) >= 11 is 6.13. The van der Waals surface area contributed by atoms with Gasteiger partial charge in [0.1, 0.15) is 16.4 Å². The number of anilines is 2. The first-order chi connectivity index (χ1) is 13.4. The lowest BCUT2D eigenvalue weighted by molar-refractivity contribution is -0.115. The van der Waals surface area contributed by atoms with E-state index in [4.69, 9.17) is 16.3 Å². The molecule has 28 heavy (non-hydrogen) atoms. The third kappa shape index (κ3) is 3.78. The molecule has 0 saturated heterocycles. The van der Waals surface area contributed by atoms with Gasteiger partial charge < -0.3 is 10.1 Å². The van der Waals surface area contributed by atoms with Crippen LogP contribution in [-0.2, 0) is 21.2 Å². The van der Waals surface area contributed by atoms with Crippen LogP contribution in [0, 0.1) is 0 Å². The van der Waals surface area contributed by atoms with Crippen molar-refractivity contribution in [1.82, 2.24) is 4.98 Å². The predicted molar refractivity (Wildman–Crippen MR) is 105 cm³/mol. The topological polar surface area (TPSA) is 97.4 Å². The molecule has 0 unspecified atom stereocenters. The van der Waals surface area contributed by atoms with Crippen LogP contribution < -0.4 is 14.8 Å². The third-order valence-electron chi connectivity index (χ3n) is 4.06. The minimum atomic E-state index is -3.92. The number of amides is 1. The van der Waals surface area contributed by atoms with Gasteiger partial charge in [0.05, 0.1) is 11.4 Å². The molecule has 7 nitrogen and oxygen atoms in total. The minimum absolute atomic E-state index is 0.0334. The van der Waals surface area contributed by atoms with Crippen molar-refractivity contribution in [3.8, 4) is 11.5 Å². The van der Waals surface area contributed by atoms with Gasteiger partial charge in [-0.05, 0) is 54.1 Å². The van der Waals surface area contributed by atoms with Crippen LogP contribution in [0.25, 0.3) is 0 Å². The lowest BCUT2D eigenvalue weighted by Gasteiger charge is -2.12. The first kappa shape index (κ1) is 18.3. The van der Waals surface area contributed by atoms with Crippen LogP contribution in [-0.4, -0.2) is 19.3 Å². The second-order valence-corrected chi connectivity index (χ2v) is 8.14. The molecular formula is C19H14ClN3O4S. The van der Waals surface area contributed by atoms with Crippen molar-refractivity contribution in [2.24, 2.45) is 0 Å². The molecule has 9 heteroatoms. The van der Waals surface area contributed by atoms with Gasteiger partial charge in [-0.15, -0.1) is 0 Å². The van der Waals surface area contributed by atoms with E-state index in [0.29, 0.717) is 28.4 Å². The van der Waals surface area contributed by atoms with Crippen LogP contribution in [0.5, 0.6) is 11.5 Å². The Labute approximate surface area is 166 Å². The Kier molecular flexibility index (Phi) is 4.66.